The number of carboxylic acids is 1. The van der Waals surface area contributed by atoms with Crippen LogP contribution in [0.2, 0.25) is 0 Å². The molecule has 16 heavy (non-hydrogen) atoms. The zero-order valence-corrected chi connectivity index (χ0v) is 9.36. The molecule has 0 saturated heterocycles. The van der Waals surface area contributed by atoms with Crippen molar-refractivity contribution in [3.8, 4) is 0 Å². The molecule has 0 aromatic carbocycles. The van der Waals surface area contributed by atoms with Crippen molar-refractivity contribution in [2.45, 2.75) is 45.1 Å². The highest BCUT2D eigenvalue weighted by Gasteiger charge is 2.32. The SMILES string of the molecule is CCC(=O)CC[C@@H](NC(=O)C1CC1)C(=O)O. The minimum absolute atomic E-state index is 0.0104. The van der Waals surface area contributed by atoms with E-state index in [0.29, 0.717) is 6.42 Å². The fourth-order valence-corrected chi connectivity index (χ4v) is 1.37. The normalized spacial score (nSPS) is 16.6. The molecule has 0 aromatic rings. The van der Waals surface area contributed by atoms with Crippen LogP contribution in [0.25, 0.3) is 0 Å². The number of carboxylic acid groups (broad SMARTS) is 1. The van der Waals surface area contributed by atoms with Gasteiger partial charge in [-0.3, -0.25) is 9.59 Å². The molecule has 5 heteroatoms. The summed E-state index contributed by atoms with van der Waals surface area (Å²) in [6, 6.07) is -0.927. The van der Waals surface area contributed by atoms with E-state index in [4.69, 9.17) is 5.11 Å². The maximum absolute atomic E-state index is 11.4. The largest absolute Gasteiger partial charge is 0.480 e. The van der Waals surface area contributed by atoms with Crippen LogP contribution in [0.4, 0.5) is 0 Å². The molecule has 1 rings (SSSR count). The minimum Gasteiger partial charge on any atom is -0.480 e. The summed E-state index contributed by atoms with van der Waals surface area (Å²) in [5.41, 5.74) is 0. The fraction of sp³-hybridized carbons (Fsp3) is 0.727. The van der Waals surface area contributed by atoms with Gasteiger partial charge in [0, 0.05) is 18.8 Å². The fourth-order valence-electron chi connectivity index (χ4n) is 1.37. The smallest absolute Gasteiger partial charge is 0.326 e. The molecule has 1 fully saturated rings. The molecule has 0 aromatic heterocycles. The molecule has 0 bridgehead atoms. The predicted molar refractivity (Wildman–Crippen MR) is 56.8 cm³/mol. The highest BCUT2D eigenvalue weighted by molar-refractivity contribution is 5.87. The van der Waals surface area contributed by atoms with E-state index in [1.165, 1.54) is 0 Å². The number of hydrogen-bond donors (Lipinski definition) is 2. The maximum Gasteiger partial charge on any atom is 0.326 e. The van der Waals surface area contributed by atoms with Crippen LogP contribution in [0.1, 0.15) is 39.0 Å². The summed E-state index contributed by atoms with van der Waals surface area (Å²) in [5.74, 6) is -1.26. The Morgan fingerprint density at radius 3 is 2.44 bits per heavy atom. The third kappa shape index (κ3) is 4.00. The van der Waals surface area contributed by atoms with Crippen molar-refractivity contribution >= 4 is 17.7 Å². The van der Waals surface area contributed by atoms with E-state index in [1.54, 1.807) is 6.92 Å². The highest BCUT2D eigenvalue weighted by Crippen LogP contribution is 2.29. The summed E-state index contributed by atoms with van der Waals surface area (Å²) < 4.78 is 0. The van der Waals surface area contributed by atoms with Gasteiger partial charge < -0.3 is 10.4 Å². The molecule has 0 heterocycles. The first kappa shape index (κ1) is 12.7. The molecule has 1 saturated carbocycles. The lowest BCUT2D eigenvalue weighted by Crippen LogP contribution is -2.41. The first-order valence-corrected chi connectivity index (χ1v) is 5.59. The Morgan fingerprint density at radius 1 is 1.38 bits per heavy atom. The van der Waals surface area contributed by atoms with E-state index in [1.807, 2.05) is 0 Å². The number of nitrogens with one attached hydrogen (secondary N) is 1. The van der Waals surface area contributed by atoms with Gasteiger partial charge in [-0.2, -0.15) is 0 Å². The van der Waals surface area contributed by atoms with E-state index in [9.17, 15) is 14.4 Å². The van der Waals surface area contributed by atoms with Crippen molar-refractivity contribution in [2.75, 3.05) is 0 Å². The van der Waals surface area contributed by atoms with Gasteiger partial charge in [0.1, 0.15) is 11.8 Å². The molecule has 5 nitrogen and oxygen atoms in total. The van der Waals surface area contributed by atoms with Gasteiger partial charge in [-0.15, -0.1) is 0 Å². The highest BCUT2D eigenvalue weighted by atomic mass is 16.4. The zero-order chi connectivity index (χ0) is 12.1. The van der Waals surface area contributed by atoms with Crippen molar-refractivity contribution in [3.05, 3.63) is 0 Å². The number of amides is 1. The van der Waals surface area contributed by atoms with Gasteiger partial charge in [-0.25, -0.2) is 4.79 Å². The Kier molecular flexibility index (Phi) is 4.46. The van der Waals surface area contributed by atoms with Crippen molar-refractivity contribution in [1.29, 1.82) is 0 Å². The quantitative estimate of drug-likeness (QED) is 0.671. The standard InChI is InChI=1S/C11H17NO4/c1-2-8(13)5-6-9(11(15)16)12-10(14)7-3-4-7/h7,9H,2-6H2,1H3,(H,12,14)(H,15,16)/t9-/m1/s1. The van der Waals surface area contributed by atoms with Crippen molar-refractivity contribution in [2.24, 2.45) is 5.92 Å². The van der Waals surface area contributed by atoms with Crippen LogP contribution in [-0.2, 0) is 14.4 Å². The monoisotopic (exact) mass is 227 g/mol. The molecule has 0 unspecified atom stereocenters. The Hall–Kier alpha value is -1.39. The molecule has 0 spiro atoms. The number of hydrogen-bond acceptors (Lipinski definition) is 3. The average molecular weight is 227 g/mol. The Morgan fingerprint density at radius 2 is 2.00 bits per heavy atom. The van der Waals surface area contributed by atoms with Crippen LogP contribution < -0.4 is 5.32 Å². The lowest BCUT2D eigenvalue weighted by atomic mass is 10.1. The lowest BCUT2D eigenvalue weighted by Gasteiger charge is -2.13. The van der Waals surface area contributed by atoms with Gasteiger partial charge in [-0.1, -0.05) is 6.92 Å². The van der Waals surface area contributed by atoms with Gasteiger partial charge in [0.05, 0.1) is 0 Å². The van der Waals surface area contributed by atoms with Crippen LogP contribution in [-0.4, -0.2) is 28.8 Å². The maximum atomic E-state index is 11.4. The van der Waals surface area contributed by atoms with Crippen LogP contribution in [0, 0.1) is 5.92 Å². The molecular weight excluding hydrogens is 210 g/mol. The van der Waals surface area contributed by atoms with Crippen LogP contribution in [0.3, 0.4) is 0 Å². The summed E-state index contributed by atoms with van der Waals surface area (Å²) in [7, 11) is 0. The molecule has 1 aliphatic rings. The molecular formula is C11H17NO4. The predicted octanol–water partition coefficient (Wildman–Crippen LogP) is 0.725. The third-order valence-corrected chi connectivity index (χ3v) is 2.67. The van der Waals surface area contributed by atoms with Gasteiger partial charge in [-0.05, 0) is 19.3 Å². The Balaban J connectivity index is 2.37. The minimum atomic E-state index is -1.07. The zero-order valence-electron chi connectivity index (χ0n) is 9.36. The van der Waals surface area contributed by atoms with Gasteiger partial charge in [0.2, 0.25) is 5.91 Å². The Bertz CT molecular complexity index is 296. The average Bonchev–Trinajstić information content (AvgIpc) is 3.06. The number of ketones is 1. The lowest BCUT2D eigenvalue weighted by molar-refractivity contribution is -0.142. The second kappa shape index (κ2) is 5.63. The van der Waals surface area contributed by atoms with Gasteiger partial charge >= 0.3 is 5.97 Å². The van der Waals surface area contributed by atoms with Crippen LogP contribution >= 0.6 is 0 Å². The molecule has 2 N–H and O–H groups in total. The van der Waals surface area contributed by atoms with E-state index in [2.05, 4.69) is 5.32 Å². The number of aliphatic carboxylic acids is 1. The topological polar surface area (TPSA) is 83.5 Å². The first-order valence-electron chi connectivity index (χ1n) is 5.59. The second-order valence-corrected chi connectivity index (χ2v) is 4.10. The number of carbonyl (C=O) groups is 3. The van der Waals surface area contributed by atoms with E-state index in [-0.39, 0.29) is 30.4 Å². The first-order chi connectivity index (χ1) is 7.54. The number of Topliss-reactive ketones (excluding diaryl/α,β-unsaturated/α-hetero) is 1. The van der Waals surface area contributed by atoms with Crippen molar-refractivity contribution in [3.63, 3.8) is 0 Å². The summed E-state index contributed by atoms with van der Waals surface area (Å²) in [5, 5.41) is 11.4. The van der Waals surface area contributed by atoms with Crippen molar-refractivity contribution in [1.82, 2.24) is 5.32 Å². The van der Waals surface area contributed by atoms with Gasteiger partial charge in [0.25, 0.3) is 0 Å². The van der Waals surface area contributed by atoms with E-state index < -0.39 is 12.0 Å². The summed E-state index contributed by atoms with van der Waals surface area (Å²) in [4.78, 5) is 33.3. The summed E-state index contributed by atoms with van der Waals surface area (Å²) in [6.45, 7) is 1.74. The number of rotatable bonds is 7. The van der Waals surface area contributed by atoms with E-state index >= 15 is 0 Å². The molecule has 0 radical (unpaired) electrons. The van der Waals surface area contributed by atoms with Crippen LogP contribution in [0.5, 0.6) is 0 Å². The summed E-state index contributed by atoms with van der Waals surface area (Å²) in [6.07, 6.45) is 2.47. The second-order valence-electron chi connectivity index (χ2n) is 4.10. The molecule has 1 amide bonds. The van der Waals surface area contributed by atoms with Gasteiger partial charge in [0.15, 0.2) is 0 Å². The summed E-state index contributed by atoms with van der Waals surface area (Å²) >= 11 is 0. The molecule has 90 valence electrons. The third-order valence-electron chi connectivity index (χ3n) is 2.67. The van der Waals surface area contributed by atoms with Crippen LogP contribution in [0.15, 0.2) is 0 Å². The van der Waals surface area contributed by atoms with E-state index in [0.717, 1.165) is 12.8 Å². The Labute approximate surface area is 94.2 Å². The molecule has 0 aliphatic heterocycles. The van der Waals surface area contributed by atoms with Crippen molar-refractivity contribution < 1.29 is 19.5 Å². The molecule has 1 atom stereocenters. The molecule has 1 aliphatic carbocycles. The number of carbonyl (C=O) groups excluding carboxylic acids is 2.